The van der Waals surface area contributed by atoms with Crippen LogP contribution in [-0.2, 0) is 14.3 Å². The molecule has 0 bridgehead atoms. The van der Waals surface area contributed by atoms with Gasteiger partial charge in [-0.15, -0.1) is 0 Å². The van der Waals surface area contributed by atoms with Gasteiger partial charge in [0.15, 0.2) is 0 Å². The zero-order chi connectivity index (χ0) is 19.4. The number of allylic oxidation sites excluding steroid dienone is 1. The molecular formula is C23H35NO3. The van der Waals surface area contributed by atoms with Crippen molar-refractivity contribution in [2.24, 2.45) is 28.6 Å². The Bertz CT molecular complexity index is 671. The Morgan fingerprint density at radius 2 is 1.85 bits per heavy atom. The van der Waals surface area contributed by atoms with Gasteiger partial charge in [-0.1, -0.05) is 25.5 Å². The van der Waals surface area contributed by atoms with Gasteiger partial charge in [0.05, 0.1) is 0 Å². The van der Waals surface area contributed by atoms with E-state index in [4.69, 9.17) is 4.74 Å². The van der Waals surface area contributed by atoms with Gasteiger partial charge >= 0.3 is 5.97 Å². The number of esters is 1. The van der Waals surface area contributed by atoms with E-state index in [1.807, 2.05) is 0 Å². The maximum atomic E-state index is 11.7. The van der Waals surface area contributed by atoms with Crippen molar-refractivity contribution in [2.75, 3.05) is 0 Å². The van der Waals surface area contributed by atoms with Crippen molar-refractivity contribution >= 4 is 11.9 Å². The molecule has 0 radical (unpaired) electrons. The van der Waals surface area contributed by atoms with Crippen LogP contribution in [-0.4, -0.2) is 24.0 Å². The number of amides is 1. The Kier molecular flexibility index (Phi) is 4.67. The van der Waals surface area contributed by atoms with E-state index in [9.17, 15) is 9.59 Å². The van der Waals surface area contributed by atoms with E-state index in [0.717, 1.165) is 43.9 Å². The van der Waals surface area contributed by atoms with E-state index in [1.165, 1.54) is 26.2 Å². The lowest BCUT2D eigenvalue weighted by Gasteiger charge is -2.58. The first-order valence-electron chi connectivity index (χ1n) is 10.9. The number of rotatable bonds is 2. The Balaban J connectivity index is 1.55. The third-order valence-electron chi connectivity index (χ3n) is 8.77. The SMILES string of the molecule is CC(=O)N[C@H]1CC[C@@H]2[C@@H]3CC=C4C[C@@H](OC(C)=O)CC[C@]4(C)[C@@H]3CC[C@]12C. The topological polar surface area (TPSA) is 55.4 Å². The molecule has 7 atom stereocenters. The van der Waals surface area contributed by atoms with Crippen LogP contribution in [0.2, 0.25) is 0 Å². The van der Waals surface area contributed by atoms with Gasteiger partial charge in [-0.25, -0.2) is 0 Å². The average molecular weight is 374 g/mol. The number of hydrogen-bond donors (Lipinski definition) is 1. The Morgan fingerprint density at radius 3 is 2.56 bits per heavy atom. The highest BCUT2D eigenvalue weighted by Crippen LogP contribution is 2.64. The normalized spacial score (nSPS) is 45.8. The van der Waals surface area contributed by atoms with E-state index in [0.29, 0.717) is 12.0 Å². The summed E-state index contributed by atoms with van der Waals surface area (Å²) in [4.78, 5) is 23.1. The molecule has 150 valence electrons. The molecule has 0 saturated heterocycles. The van der Waals surface area contributed by atoms with E-state index >= 15 is 0 Å². The second kappa shape index (κ2) is 6.63. The molecule has 0 aromatic heterocycles. The number of nitrogens with one attached hydrogen (secondary N) is 1. The minimum absolute atomic E-state index is 0.0721. The Hall–Kier alpha value is -1.32. The van der Waals surface area contributed by atoms with Crippen LogP contribution in [0.3, 0.4) is 0 Å². The van der Waals surface area contributed by atoms with Crippen LogP contribution >= 0.6 is 0 Å². The maximum Gasteiger partial charge on any atom is 0.302 e. The maximum absolute atomic E-state index is 11.7. The minimum atomic E-state index is -0.152. The first-order valence-corrected chi connectivity index (χ1v) is 10.9. The molecule has 4 aliphatic rings. The van der Waals surface area contributed by atoms with Crippen LogP contribution in [0.4, 0.5) is 0 Å². The average Bonchev–Trinajstić information content (AvgIpc) is 2.91. The van der Waals surface area contributed by atoms with Crippen LogP contribution in [0.15, 0.2) is 11.6 Å². The van der Waals surface area contributed by atoms with Crippen molar-refractivity contribution in [3.05, 3.63) is 11.6 Å². The number of hydrogen-bond acceptors (Lipinski definition) is 3. The predicted octanol–water partition coefficient (Wildman–Crippen LogP) is 4.39. The van der Waals surface area contributed by atoms with Gasteiger partial charge in [-0.3, -0.25) is 9.59 Å². The standard InChI is InChI=1S/C23H35NO3/c1-14(25)24-21-8-7-19-18-6-5-16-13-17(27-15(2)26)9-11-22(16,3)20(18)10-12-23(19,21)4/h5,17-21H,6-13H2,1-4H3,(H,24,25)/t17-,18-,19+,20+,21-,22-,23-/m0/s1. The summed E-state index contributed by atoms with van der Waals surface area (Å²) in [5, 5.41) is 3.26. The summed E-state index contributed by atoms with van der Waals surface area (Å²) in [6.45, 7) is 8.08. The zero-order valence-electron chi connectivity index (χ0n) is 17.3. The molecule has 0 aliphatic heterocycles. The minimum Gasteiger partial charge on any atom is -0.462 e. The lowest BCUT2D eigenvalue weighted by Crippen LogP contribution is -2.53. The second-order valence-corrected chi connectivity index (χ2v) is 10.1. The lowest BCUT2D eigenvalue weighted by atomic mass is 9.48. The third-order valence-corrected chi connectivity index (χ3v) is 8.77. The summed E-state index contributed by atoms with van der Waals surface area (Å²) in [6, 6.07) is 0.346. The quantitative estimate of drug-likeness (QED) is 0.577. The molecule has 4 aliphatic carbocycles. The van der Waals surface area contributed by atoms with Crippen molar-refractivity contribution < 1.29 is 14.3 Å². The summed E-state index contributed by atoms with van der Waals surface area (Å²) >= 11 is 0. The number of carbonyl (C=O) groups is 2. The summed E-state index contributed by atoms with van der Waals surface area (Å²) in [7, 11) is 0. The van der Waals surface area contributed by atoms with Crippen molar-refractivity contribution in [3.63, 3.8) is 0 Å². The third kappa shape index (κ3) is 3.03. The molecular weight excluding hydrogens is 338 g/mol. The first kappa shape index (κ1) is 19.0. The smallest absolute Gasteiger partial charge is 0.302 e. The van der Waals surface area contributed by atoms with Crippen molar-refractivity contribution in [2.45, 2.75) is 91.2 Å². The highest BCUT2D eigenvalue weighted by molar-refractivity contribution is 5.73. The summed E-state index contributed by atoms with van der Waals surface area (Å²) in [5.74, 6) is 2.16. The van der Waals surface area contributed by atoms with Gasteiger partial charge in [-0.05, 0) is 73.5 Å². The summed E-state index contributed by atoms with van der Waals surface area (Å²) in [5.41, 5.74) is 2.07. The zero-order valence-corrected chi connectivity index (χ0v) is 17.3. The van der Waals surface area contributed by atoms with E-state index in [-0.39, 0.29) is 28.8 Å². The summed E-state index contributed by atoms with van der Waals surface area (Å²) in [6.07, 6.45) is 11.6. The van der Waals surface area contributed by atoms with E-state index in [1.54, 1.807) is 12.5 Å². The molecule has 0 aromatic rings. The van der Waals surface area contributed by atoms with Crippen molar-refractivity contribution in [3.8, 4) is 0 Å². The van der Waals surface area contributed by atoms with Crippen LogP contribution in [0.5, 0.6) is 0 Å². The molecule has 4 nitrogen and oxygen atoms in total. The fourth-order valence-corrected chi connectivity index (χ4v) is 7.45. The van der Waals surface area contributed by atoms with E-state index in [2.05, 4.69) is 25.2 Å². The number of carbonyl (C=O) groups excluding carboxylic acids is 2. The highest BCUT2D eigenvalue weighted by Gasteiger charge is 2.58. The molecule has 1 amide bonds. The van der Waals surface area contributed by atoms with Gasteiger partial charge in [0.2, 0.25) is 5.91 Å². The van der Waals surface area contributed by atoms with Gasteiger partial charge in [0, 0.05) is 26.3 Å². The van der Waals surface area contributed by atoms with Crippen molar-refractivity contribution in [1.82, 2.24) is 5.32 Å². The van der Waals surface area contributed by atoms with Crippen LogP contribution in [0, 0.1) is 28.6 Å². The lowest BCUT2D eigenvalue weighted by molar-refractivity contribution is -0.148. The molecule has 4 rings (SSSR count). The molecule has 3 saturated carbocycles. The molecule has 4 heteroatoms. The van der Waals surface area contributed by atoms with Crippen LogP contribution in [0.1, 0.15) is 79.1 Å². The van der Waals surface area contributed by atoms with Gasteiger partial charge < -0.3 is 10.1 Å². The molecule has 0 spiro atoms. The van der Waals surface area contributed by atoms with Crippen LogP contribution < -0.4 is 5.32 Å². The number of ether oxygens (including phenoxy) is 1. The molecule has 3 fully saturated rings. The fraction of sp³-hybridized carbons (Fsp3) is 0.826. The first-order chi connectivity index (χ1) is 12.7. The predicted molar refractivity (Wildman–Crippen MR) is 105 cm³/mol. The Morgan fingerprint density at radius 1 is 1.07 bits per heavy atom. The Labute approximate surface area is 163 Å². The van der Waals surface area contributed by atoms with Crippen molar-refractivity contribution in [1.29, 1.82) is 0 Å². The van der Waals surface area contributed by atoms with Gasteiger partial charge in [-0.2, -0.15) is 0 Å². The highest BCUT2D eigenvalue weighted by atomic mass is 16.5. The largest absolute Gasteiger partial charge is 0.462 e. The molecule has 0 aromatic carbocycles. The fourth-order valence-electron chi connectivity index (χ4n) is 7.45. The second-order valence-electron chi connectivity index (χ2n) is 10.1. The molecule has 0 unspecified atom stereocenters. The molecule has 1 N–H and O–H groups in total. The summed E-state index contributed by atoms with van der Waals surface area (Å²) < 4.78 is 5.54. The van der Waals surface area contributed by atoms with E-state index < -0.39 is 0 Å². The number of fused-ring (bicyclic) bond motifs is 5. The molecule has 0 heterocycles. The van der Waals surface area contributed by atoms with Gasteiger partial charge in [0.1, 0.15) is 6.10 Å². The van der Waals surface area contributed by atoms with Crippen LogP contribution in [0.25, 0.3) is 0 Å². The monoisotopic (exact) mass is 373 g/mol. The van der Waals surface area contributed by atoms with Gasteiger partial charge in [0.25, 0.3) is 0 Å². The molecule has 27 heavy (non-hydrogen) atoms.